The monoisotopic (exact) mass is 557 g/mol. The molecule has 2 N–H and O–H groups in total. The third kappa shape index (κ3) is 9.48. The molecular formula is C34H43N3O4. The van der Waals surface area contributed by atoms with E-state index in [9.17, 15) is 14.4 Å². The molecule has 0 saturated carbocycles. The number of amides is 3. The van der Waals surface area contributed by atoms with E-state index in [4.69, 9.17) is 4.74 Å². The maximum atomic E-state index is 14.4. The Kier molecular flexibility index (Phi) is 11.1. The van der Waals surface area contributed by atoms with E-state index in [0.29, 0.717) is 19.5 Å². The molecular weight excluding hydrogens is 514 g/mol. The summed E-state index contributed by atoms with van der Waals surface area (Å²) in [4.78, 5) is 42.8. The number of carbonyl (C=O) groups is 3. The maximum absolute atomic E-state index is 14.4. The van der Waals surface area contributed by atoms with Crippen LogP contribution >= 0.6 is 0 Å². The average Bonchev–Trinajstić information content (AvgIpc) is 2.92. The van der Waals surface area contributed by atoms with Gasteiger partial charge in [-0.1, -0.05) is 91.3 Å². The minimum atomic E-state index is -0.936. The number of benzene rings is 3. The zero-order valence-electron chi connectivity index (χ0n) is 25.1. The summed E-state index contributed by atoms with van der Waals surface area (Å²) < 4.78 is 5.51. The molecule has 0 spiro atoms. The van der Waals surface area contributed by atoms with Gasteiger partial charge in [-0.2, -0.15) is 0 Å². The van der Waals surface area contributed by atoms with Crippen molar-refractivity contribution in [3.63, 3.8) is 0 Å². The first kappa shape index (κ1) is 31.4. The van der Waals surface area contributed by atoms with Crippen molar-refractivity contribution >= 4 is 17.9 Å². The Morgan fingerprint density at radius 2 is 1.49 bits per heavy atom. The molecule has 3 rings (SSSR count). The molecule has 218 valence electrons. The minimum Gasteiger partial charge on any atom is -0.444 e. The predicted molar refractivity (Wildman–Crippen MR) is 162 cm³/mol. The number of rotatable bonds is 11. The molecule has 0 aromatic heterocycles. The minimum absolute atomic E-state index is 0.254. The van der Waals surface area contributed by atoms with Crippen molar-refractivity contribution in [2.24, 2.45) is 0 Å². The molecule has 0 bridgehead atoms. The van der Waals surface area contributed by atoms with Crippen LogP contribution in [-0.4, -0.2) is 41.0 Å². The fourth-order valence-corrected chi connectivity index (χ4v) is 4.77. The highest BCUT2D eigenvalue weighted by Gasteiger charge is 2.36. The number of ether oxygens (including phenoxy) is 1. The van der Waals surface area contributed by atoms with Crippen molar-refractivity contribution in [3.05, 3.63) is 107 Å². The van der Waals surface area contributed by atoms with E-state index in [1.165, 1.54) is 0 Å². The quantitative estimate of drug-likeness (QED) is 0.301. The first-order valence-electron chi connectivity index (χ1n) is 14.2. The van der Waals surface area contributed by atoms with E-state index in [0.717, 1.165) is 27.8 Å². The molecule has 0 aliphatic heterocycles. The van der Waals surface area contributed by atoms with Gasteiger partial charge in [0.1, 0.15) is 17.7 Å². The number of hydrogen-bond acceptors (Lipinski definition) is 4. The first-order chi connectivity index (χ1) is 19.5. The summed E-state index contributed by atoms with van der Waals surface area (Å²) in [5.74, 6) is -0.625. The molecule has 7 nitrogen and oxygen atoms in total. The van der Waals surface area contributed by atoms with Gasteiger partial charge >= 0.3 is 6.09 Å². The molecule has 3 aromatic rings. The van der Waals surface area contributed by atoms with Gasteiger partial charge in [-0.3, -0.25) is 9.59 Å². The summed E-state index contributed by atoms with van der Waals surface area (Å²) in [5, 5.41) is 5.85. The van der Waals surface area contributed by atoms with Gasteiger partial charge in [0.15, 0.2) is 0 Å². The number of aryl methyl sites for hydroxylation is 2. The third-order valence-corrected chi connectivity index (χ3v) is 6.61. The zero-order chi connectivity index (χ0) is 30.0. The Morgan fingerprint density at radius 3 is 2.05 bits per heavy atom. The predicted octanol–water partition coefficient (Wildman–Crippen LogP) is 6.04. The second kappa shape index (κ2) is 14.5. The van der Waals surface area contributed by atoms with Crippen LogP contribution in [0, 0.1) is 13.8 Å². The van der Waals surface area contributed by atoms with Gasteiger partial charge in [-0.25, -0.2) is 4.79 Å². The lowest BCUT2D eigenvalue weighted by atomic mass is 9.95. The first-order valence-corrected chi connectivity index (χ1v) is 14.2. The Labute approximate surface area is 244 Å². The molecule has 0 radical (unpaired) electrons. The van der Waals surface area contributed by atoms with Gasteiger partial charge in [-0.05, 0) is 63.3 Å². The molecule has 0 aliphatic rings. The van der Waals surface area contributed by atoms with Crippen molar-refractivity contribution in [2.45, 2.75) is 78.6 Å². The molecule has 3 amide bonds. The second-order valence-electron chi connectivity index (χ2n) is 11.4. The van der Waals surface area contributed by atoms with Gasteiger partial charge in [0.05, 0.1) is 0 Å². The van der Waals surface area contributed by atoms with Crippen LogP contribution in [0.2, 0.25) is 0 Å². The number of carbonyl (C=O) groups excluding carboxylic acids is 3. The standard InChI is InChI=1S/C34H43N3O4/c1-7-20-37(32(39)29(22-26-14-10-8-11-15-26)36-33(40)41-34(4,5)6)30(28-19-18-24(2)21-25(28)3)31(38)35-23-27-16-12-9-13-17-27/h8-19,21,29-30H,7,20,22-23H2,1-6H3,(H,35,38)(H,36,40). The van der Waals surface area contributed by atoms with Crippen molar-refractivity contribution < 1.29 is 19.1 Å². The summed E-state index contributed by atoms with van der Waals surface area (Å²) in [6, 6.07) is 23.2. The van der Waals surface area contributed by atoms with Crippen LogP contribution < -0.4 is 10.6 Å². The lowest BCUT2D eigenvalue weighted by molar-refractivity contribution is -0.142. The highest BCUT2D eigenvalue weighted by molar-refractivity contribution is 5.92. The highest BCUT2D eigenvalue weighted by atomic mass is 16.6. The van der Waals surface area contributed by atoms with E-state index in [-0.39, 0.29) is 18.2 Å². The zero-order valence-corrected chi connectivity index (χ0v) is 25.1. The number of hydrogen-bond donors (Lipinski definition) is 2. The van der Waals surface area contributed by atoms with Crippen LogP contribution in [0.15, 0.2) is 78.9 Å². The molecule has 2 unspecified atom stereocenters. The summed E-state index contributed by atoms with van der Waals surface area (Å²) in [5.41, 5.74) is 3.85. The molecule has 3 aromatic carbocycles. The Balaban J connectivity index is 2.01. The smallest absolute Gasteiger partial charge is 0.408 e. The average molecular weight is 558 g/mol. The molecule has 0 fully saturated rings. The fraction of sp³-hybridized carbons (Fsp3) is 0.382. The normalized spacial score (nSPS) is 12.6. The molecule has 0 heterocycles. The van der Waals surface area contributed by atoms with E-state index in [1.807, 2.05) is 99.6 Å². The number of nitrogens with one attached hydrogen (secondary N) is 2. The summed E-state index contributed by atoms with van der Waals surface area (Å²) >= 11 is 0. The van der Waals surface area contributed by atoms with Crippen LogP contribution in [0.25, 0.3) is 0 Å². The largest absolute Gasteiger partial charge is 0.444 e. The van der Waals surface area contributed by atoms with Crippen LogP contribution in [0.4, 0.5) is 4.79 Å². The van der Waals surface area contributed by atoms with Crippen molar-refractivity contribution in [1.29, 1.82) is 0 Å². The maximum Gasteiger partial charge on any atom is 0.408 e. The van der Waals surface area contributed by atoms with Gasteiger partial charge in [0, 0.05) is 19.5 Å². The third-order valence-electron chi connectivity index (χ3n) is 6.61. The molecule has 0 aliphatic carbocycles. The Bertz CT molecular complexity index is 1300. The summed E-state index contributed by atoms with van der Waals surface area (Å²) in [6.07, 6.45) is 0.202. The van der Waals surface area contributed by atoms with Crippen molar-refractivity contribution in [3.8, 4) is 0 Å². The number of alkyl carbamates (subject to hydrolysis) is 1. The SMILES string of the molecule is CCCN(C(=O)C(Cc1ccccc1)NC(=O)OC(C)(C)C)C(C(=O)NCc1ccccc1)c1ccc(C)cc1C. The molecule has 2 atom stereocenters. The van der Waals surface area contributed by atoms with Crippen molar-refractivity contribution in [2.75, 3.05) is 6.54 Å². The van der Waals surface area contributed by atoms with Crippen LogP contribution in [0.3, 0.4) is 0 Å². The molecule has 0 saturated heterocycles. The topological polar surface area (TPSA) is 87.7 Å². The van der Waals surface area contributed by atoms with Crippen molar-refractivity contribution in [1.82, 2.24) is 15.5 Å². The lowest BCUT2D eigenvalue weighted by Crippen LogP contribution is -2.54. The van der Waals surface area contributed by atoms with E-state index < -0.39 is 23.8 Å². The summed E-state index contributed by atoms with van der Waals surface area (Å²) in [6.45, 7) is 11.9. The van der Waals surface area contributed by atoms with Gasteiger partial charge in [0.25, 0.3) is 0 Å². The Hall–Kier alpha value is -4.13. The lowest BCUT2D eigenvalue weighted by Gasteiger charge is -2.35. The second-order valence-corrected chi connectivity index (χ2v) is 11.4. The van der Waals surface area contributed by atoms with E-state index in [2.05, 4.69) is 10.6 Å². The van der Waals surface area contributed by atoms with Gasteiger partial charge in [0.2, 0.25) is 11.8 Å². The summed E-state index contributed by atoms with van der Waals surface area (Å²) in [7, 11) is 0. The van der Waals surface area contributed by atoms with E-state index >= 15 is 0 Å². The molecule has 41 heavy (non-hydrogen) atoms. The molecule has 7 heteroatoms. The fourth-order valence-electron chi connectivity index (χ4n) is 4.77. The van der Waals surface area contributed by atoms with Crippen LogP contribution in [0.1, 0.15) is 68.0 Å². The van der Waals surface area contributed by atoms with Gasteiger partial charge < -0.3 is 20.3 Å². The highest BCUT2D eigenvalue weighted by Crippen LogP contribution is 2.27. The van der Waals surface area contributed by atoms with Crippen LogP contribution in [-0.2, 0) is 27.3 Å². The Morgan fingerprint density at radius 1 is 0.878 bits per heavy atom. The van der Waals surface area contributed by atoms with E-state index in [1.54, 1.807) is 25.7 Å². The van der Waals surface area contributed by atoms with Crippen LogP contribution in [0.5, 0.6) is 0 Å². The number of nitrogens with zero attached hydrogens (tertiary/aromatic N) is 1. The van der Waals surface area contributed by atoms with Gasteiger partial charge in [-0.15, -0.1) is 0 Å².